The lowest BCUT2D eigenvalue weighted by atomic mass is 10.0. The first-order chi connectivity index (χ1) is 15.6. The number of hydrogen-bond donors (Lipinski definition) is 4. The minimum Gasteiger partial charge on any atom is -0.496 e. The van der Waals surface area contributed by atoms with Crippen LogP contribution in [-0.4, -0.2) is 29.2 Å². The highest BCUT2D eigenvalue weighted by Crippen LogP contribution is 2.26. The van der Waals surface area contributed by atoms with Gasteiger partial charge in [-0.25, -0.2) is 10.4 Å². The Balaban J connectivity index is 1.64. The molecule has 8 nitrogen and oxygen atoms in total. The summed E-state index contributed by atoms with van der Waals surface area (Å²) < 4.78 is 5.61. The first-order valence-electron chi connectivity index (χ1n) is 9.68. The summed E-state index contributed by atoms with van der Waals surface area (Å²) in [5.41, 5.74) is 10.1. The fraction of sp³-hybridized carbons (Fsp3) is 0.0435. The number of nitrogens with zero attached hydrogens (tertiary/aromatic N) is 2. The van der Waals surface area contributed by atoms with E-state index in [4.69, 9.17) is 22.7 Å². The zero-order chi connectivity index (χ0) is 22.5. The molecule has 0 aliphatic heterocycles. The Morgan fingerprint density at radius 3 is 2.66 bits per heavy atom. The number of nitrogen functional groups attached to an aromatic ring is 1. The van der Waals surface area contributed by atoms with Crippen molar-refractivity contribution in [2.45, 2.75) is 0 Å². The number of H-pyrrole nitrogens is 1. The van der Waals surface area contributed by atoms with Crippen LogP contribution in [0.5, 0.6) is 5.75 Å². The average molecular weight is 445 g/mol. The van der Waals surface area contributed by atoms with Gasteiger partial charge in [0.1, 0.15) is 22.9 Å². The summed E-state index contributed by atoms with van der Waals surface area (Å²) in [6.07, 6.45) is 1.54. The van der Waals surface area contributed by atoms with Crippen LogP contribution in [0, 0.1) is 4.77 Å². The van der Waals surface area contributed by atoms with E-state index in [1.807, 2.05) is 66.7 Å². The van der Waals surface area contributed by atoms with Gasteiger partial charge in [-0.15, -0.1) is 0 Å². The van der Waals surface area contributed by atoms with Gasteiger partial charge in [0.25, 0.3) is 5.91 Å². The molecule has 9 heteroatoms. The average Bonchev–Trinajstić information content (AvgIpc) is 2.79. The van der Waals surface area contributed by atoms with Crippen molar-refractivity contribution >= 4 is 52.4 Å². The van der Waals surface area contributed by atoms with Crippen LogP contribution in [-0.2, 0) is 0 Å². The molecule has 4 aromatic rings. The first-order valence-corrected chi connectivity index (χ1v) is 10.1. The van der Waals surface area contributed by atoms with Gasteiger partial charge in [-0.05, 0) is 41.2 Å². The van der Waals surface area contributed by atoms with Crippen LogP contribution in [0.15, 0.2) is 71.8 Å². The molecule has 0 radical (unpaired) electrons. The van der Waals surface area contributed by atoms with Gasteiger partial charge in [0, 0.05) is 11.3 Å². The topological polar surface area (TPSA) is 117 Å². The molecule has 0 aliphatic rings. The molecule has 0 unspecified atom stereocenters. The predicted octanol–water partition coefficient (Wildman–Crippen LogP) is 4.39. The number of nitrogens with one attached hydrogen (secondary N) is 3. The molecule has 1 amide bonds. The fourth-order valence-electron chi connectivity index (χ4n) is 3.27. The molecular weight excluding hydrogens is 424 g/mol. The van der Waals surface area contributed by atoms with Crippen molar-refractivity contribution < 1.29 is 9.53 Å². The van der Waals surface area contributed by atoms with Gasteiger partial charge in [0.2, 0.25) is 0 Å². The number of anilines is 3. The lowest BCUT2D eigenvalue weighted by Crippen LogP contribution is -2.22. The van der Waals surface area contributed by atoms with Gasteiger partial charge in [-0.3, -0.25) is 4.79 Å². The third kappa shape index (κ3) is 4.42. The van der Waals surface area contributed by atoms with Crippen molar-refractivity contribution in [1.82, 2.24) is 15.4 Å². The highest BCUT2D eigenvalue weighted by molar-refractivity contribution is 7.71. The molecule has 0 saturated carbocycles. The molecule has 0 spiro atoms. The SMILES string of the molecule is COc1ccc2ccccc2c1/C=N/NC(=O)c1c(Nc2ccccc2)nc(=S)[nH]c1N. The fourth-order valence-corrected chi connectivity index (χ4v) is 3.47. The second-order valence-corrected chi connectivity index (χ2v) is 7.16. The number of ether oxygens (including phenoxy) is 1. The zero-order valence-corrected chi connectivity index (χ0v) is 17.9. The number of para-hydroxylation sites is 1. The Morgan fingerprint density at radius 2 is 1.88 bits per heavy atom. The molecule has 1 aromatic heterocycles. The molecule has 1 heterocycles. The first kappa shape index (κ1) is 21.0. The number of fused-ring (bicyclic) bond motifs is 1. The van der Waals surface area contributed by atoms with Gasteiger partial charge in [-0.2, -0.15) is 5.10 Å². The number of carbonyl (C=O) groups excluding carboxylic acids is 1. The van der Waals surface area contributed by atoms with Crippen LogP contribution in [0.3, 0.4) is 0 Å². The summed E-state index contributed by atoms with van der Waals surface area (Å²) in [5, 5.41) is 9.18. The normalized spacial score (nSPS) is 10.9. The lowest BCUT2D eigenvalue weighted by molar-refractivity contribution is 0.0956. The summed E-state index contributed by atoms with van der Waals surface area (Å²) in [5.74, 6) is 0.403. The number of hydrogen-bond acceptors (Lipinski definition) is 7. The third-order valence-corrected chi connectivity index (χ3v) is 4.93. The van der Waals surface area contributed by atoms with E-state index < -0.39 is 5.91 Å². The van der Waals surface area contributed by atoms with E-state index in [0.29, 0.717) is 5.75 Å². The highest BCUT2D eigenvalue weighted by Gasteiger charge is 2.18. The maximum atomic E-state index is 12.9. The number of aromatic nitrogens is 2. The van der Waals surface area contributed by atoms with Gasteiger partial charge in [0.15, 0.2) is 4.77 Å². The Bertz CT molecular complexity index is 1370. The van der Waals surface area contributed by atoms with Crippen LogP contribution in [0.25, 0.3) is 10.8 Å². The smallest absolute Gasteiger partial charge is 0.278 e. The van der Waals surface area contributed by atoms with Crippen molar-refractivity contribution in [2.24, 2.45) is 5.10 Å². The second kappa shape index (κ2) is 9.27. The van der Waals surface area contributed by atoms with Crippen molar-refractivity contribution in [1.29, 1.82) is 0 Å². The number of methoxy groups -OCH3 is 1. The van der Waals surface area contributed by atoms with Crippen LogP contribution >= 0.6 is 12.2 Å². The minimum absolute atomic E-state index is 0.0823. The van der Waals surface area contributed by atoms with Crippen molar-refractivity contribution in [3.8, 4) is 5.75 Å². The summed E-state index contributed by atoms with van der Waals surface area (Å²) in [6.45, 7) is 0. The summed E-state index contributed by atoms with van der Waals surface area (Å²) in [4.78, 5) is 19.9. The van der Waals surface area contributed by atoms with Crippen molar-refractivity contribution in [2.75, 3.05) is 18.2 Å². The van der Waals surface area contributed by atoms with Gasteiger partial charge in [-0.1, -0.05) is 48.5 Å². The number of amides is 1. The number of aromatic amines is 1. The Morgan fingerprint density at radius 1 is 1.12 bits per heavy atom. The number of carbonyl (C=O) groups is 1. The molecule has 0 bridgehead atoms. The molecule has 0 aliphatic carbocycles. The van der Waals surface area contributed by atoms with Gasteiger partial charge >= 0.3 is 0 Å². The van der Waals surface area contributed by atoms with Gasteiger partial charge < -0.3 is 20.8 Å². The third-order valence-electron chi connectivity index (χ3n) is 4.74. The molecule has 5 N–H and O–H groups in total. The van der Waals surface area contributed by atoms with E-state index in [2.05, 4.69) is 25.8 Å². The Hall–Kier alpha value is -4.24. The lowest BCUT2D eigenvalue weighted by Gasteiger charge is -2.12. The standard InChI is InChI=1S/C23H20N6O2S/c1-31-18-12-11-14-7-5-6-10-16(14)17(18)13-25-29-22(30)19-20(24)27-23(32)28-21(19)26-15-8-3-2-4-9-15/h2-13H,1H3,(H,29,30)(H4,24,26,27,28,32)/b25-13+. The highest BCUT2D eigenvalue weighted by atomic mass is 32.1. The molecule has 0 fully saturated rings. The van der Waals surface area contributed by atoms with Crippen molar-refractivity contribution in [3.63, 3.8) is 0 Å². The number of benzene rings is 3. The van der Waals surface area contributed by atoms with E-state index in [-0.39, 0.29) is 22.0 Å². The molecule has 0 atom stereocenters. The summed E-state index contributed by atoms with van der Waals surface area (Å²) in [6, 6.07) is 20.9. The maximum absolute atomic E-state index is 12.9. The quantitative estimate of drug-likeness (QED) is 0.199. The second-order valence-electron chi connectivity index (χ2n) is 6.77. The minimum atomic E-state index is -0.546. The molecular formula is C23H20N6O2S. The monoisotopic (exact) mass is 444 g/mol. The van der Waals surface area contributed by atoms with E-state index in [9.17, 15) is 4.79 Å². The van der Waals surface area contributed by atoms with Crippen LogP contribution in [0.1, 0.15) is 15.9 Å². The maximum Gasteiger partial charge on any atom is 0.278 e. The summed E-state index contributed by atoms with van der Waals surface area (Å²) in [7, 11) is 1.58. The van der Waals surface area contributed by atoms with Crippen LogP contribution < -0.4 is 21.2 Å². The number of rotatable bonds is 6. The molecule has 160 valence electrons. The zero-order valence-electron chi connectivity index (χ0n) is 17.1. The Kier molecular flexibility index (Phi) is 6.09. The molecule has 0 saturated heterocycles. The van der Waals surface area contributed by atoms with E-state index in [1.54, 1.807) is 7.11 Å². The van der Waals surface area contributed by atoms with Crippen LogP contribution in [0.2, 0.25) is 0 Å². The summed E-state index contributed by atoms with van der Waals surface area (Å²) >= 11 is 5.11. The molecule has 32 heavy (non-hydrogen) atoms. The molecule has 3 aromatic carbocycles. The van der Waals surface area contributed by atoms with E-state index >= 15 is 0 Å². The Labute approximate surface area is 189 Å². The predicted molar refractivity (Wildman–Crippen MR) is 129 cm³/mol. The largest absolute Gasteiger partial charge is 0.496 e. The van der Waals surface area contributed by atoms with Gasteiger partial charge in [0.05, 0.1) is 13.3 Å². The van der Waals surface area contributed by atoms with Crippen molar-refractivity contribution in [3.05, 3.63) is 82.6 Å². The van der Waals surface area contributed by atoms with E-state index in [1.165, 1.54) is 6.21 Å². The number of hydrazone groups is 1. The number of nitrogens with two attached hydrogens (primary N) is 1. The van der Waals surface area contributed by atoms with E-state index in [0.717, 1.165) is 22.0 Å². The van der Waals surface area contributed by atoms with Crippen LogP contribution in [0.4, 0.5) is 17.3 Å². The molecule has 4 rings (SSSR count).